The number of benzene rings is 1. The second-order valence-corrected chi connectivity index (χ2v) is 5.60. The van der Waals surface area contributed by atoms with E-state index in [1.165, 1.54) is 18.3 Å². The fourth-order valence-corrected chi connectivity index (χ4v) is 2.40. The lowest BCUT2D eigenvalue weighted by molar-refractivity contribution is -0.128. The van der Waals surface area contributed by atoms with Crippen LogP contribution in [0, 0.1) is 17.1 Å². The second-order valence-electron chi connectivity index (χ2n) is 5.60. The van der Waals surface area contributed by atoms with E-state index in [1.807, 2.05) is 19.2 Å². The van der Waals surface area contributed by atoms with E-state index < -0.39 is 0 Å². The molecule has 1 aliphatic rings. The van der Waals surface area contributed by atoms with E-state index in [2.05, 4.69) is 10.2 Å². The first kappa shape index (κ1) is 17.0. The number of nitriles is 1. The Balaban J connectivity index is 1.84. The number of carbonyl (C=O) groups excluding carboxylic acids is 1. The van der Waals surface area contributed by atoms with Crippen LogP contribution in [0.5, 0.6) is 0 Å². The molecule has 0 aromatic heterocycles. The van der Waals surface area contributed by atoms with Crippen LogP contribution in [-0.2, 0) is 11.2 Å². The van der Waals surface area contributed by atoms with Crippen LogP contribution < -0.4 is 5.32 Å². The summed E-state index contributed by atoms with van der Waals surface area (Å²) >= 11 is 0. The number of amides is 1. The topological polar surface area (TPSA) is 59.4 Å². The van der Waals surface area contributed by atoms with Crippen LogP contribution in [0.15, 0.2) is 36.0 Å². The number of carbonyl (C=O) groups is 1. The van der Waals surface area contributed by atoms with Gasteiger partial charge in [-0.1, -0.05) is 12.1 Å². The van der Waals surface area contributed by atoms with Crippen molar-refractivity contribution in [2.75, 3.05) is 39.8 Å². The molecule has 1 aromatic rings. The van der Waals surface area contributed by atoms with Gasteiger partial charge in [-0.2, -0.15) is 5.26 Å². The quantitative estimate of drug-likeness (QED) is 0.503. The average molecular weight is 316 g/mol. The molecule has 0 radical (unpaired) electrons. The Morgan fingerprint density at radius 1 is 1.39 bits per heavy atom. The van der Waals surface area contributed by atoms with Crippen LogP contribution in [0.4, 0.5) is 4.39 Å². The van der Waals surface area contributed by atoms with E-state index in [9.17, 15) is 9.18 Å². The third kappa shape index (κ3) is 5.08. The number of hydrogen-bond acceptors (Lipinski definition) is 4. The van der Waals surface area contributed by atoms with Gasteiger partial charge in [-0.25, -0.2) is 4.39 Å². The van der Waals surface area contributed by atoms with Gasteiger partial charge < -0.3 is 15.1 Å². The number of rotatable bonds is 5. The normalized spacial score (nSPS) is 16.0. The number of halogens is 1. The summed E-state index contributed by atoms with van der Waals surface area (Å²) in [4.78, 5) is 16.1. The van der Waals surface area contributed by atoms with Crippen molar-refractivity contribution in [3.63, 3.8) is 0 Å². The van der Waals surface area contributed by atoms with Crippen LogP contribution in [0.2, 0.25) is 0 Å². The number of nitrogens with zero attached hydrogens (tertiary/aromatic N) is 3. The second kappa shape index (κ2) is 8.30. The first-order valence-corrected chi connectivity index (χ1v) is 7.66. The number of nitrogens with one attached hydrogen (secondary N) is 1. The van der Waals surface area contributed by atoms with Gasteiger partial charge in [0.1, 0.15) is 17.5 Å². The molecule has 1 N–H and O–H groups in total. The molecule has 1 heterocycles. The molecule has 2 rings (SSSR count). The maximum Gasteiger partial charge on any atom is 0.266 e. The van der Waals surface area contributed by atoms with E-state index in [0.717, 1.165) is 18.7 Å². The third-order valence-electron chi connectivity index (χ3n) is 3.83. The highest BCUT2D eigenvalue weighted by atomic mass is 19.1. The Morgan fingerprint density at radius 3 is 2.78 bits per heavy atom. The average Bonchev–Trinajstić information content (AvgIpc) is 2.55. The summed E-state index contributed by atoms with van der Waals surface area (Å²) in [7, 11) is 2.01. The van der Waals surface area contributed by atoms with E-state index in [0.29, 0.717) is 26.1 Å². The zero-order valence-corrected chi connectivity index (χ0v) is 13.3. The Morgan fingerprint density at radius 2 is 2.13 bits per heavy atom. The molecule has 0 aliphatic carbocycles. The summed E-state index contributed by atoms with van der Waals surface area (Å²) in [6.07, 6.45) is 2.08. The Bertz CT molecular complexity index is 615. The minimum Gasteiger partial charge on any atom is -0.389 e. The smallest absolute Gasteiger partial charge is 0.266 e. The van der Waals surface area contributed by atoms with Crippen LogP contribution >= 0.6 is 0 Å². The van der Waals surface area contributed by atoms with Crippen molar-refractivity contribution >= 4 is 5.91 Å². The van der Waals surface area contributed by atoms with Gasteiger partial charge in [-0.15, -0.1) is 0 Å². The molecule has 0 spiro atoms. The summed E-state index contributed by atoms with van der Waals surface area (Å²) in [6.45, 7) is 3.44. The summed E-state index contributed by atoms with van der Waals surface area (Å²) in [6, 6.07) is 8.34. The summed E-state index contributed by atoms with van der Waals surface area (Å²) in [5, 5.41) is 12.1. The van der Waals surface area contributed by atoms with E-state index in [1.54, 1.807) is 11.0 Å². The fraction of sp³-hybridized carbons (Fsp3) is 0.412. The molecule has 5 nitrogen and oxygen atoms in total. The van der Waals surface area contributed by atoms with Crippen LogP contribution in [0.1, 0.15) is 5.56 Å². The van der Waals surface area contributed by atoms with Gasteiger partial charge >= 0.3 is 0 Å². The molecule has 122 valence electrons. The monoisotopic (exact) mass is 316 g/mol. The fourth-order valence-electron chi connectivity index (χ4n) is 2.40. The van der Waals surface area contributed by atoms with Crippen molar-refractivity contribution in [1.82, 2.24) is 15.1 Å². The highest BCUT2D eigenvalue weighted by Crippen LogP contribution is 2.06. The molecule has 1 amide bonds. The number of likely N-dealkylation sites (N-methyl/N-ethyl adjacent to an activating group) is 1. The first-order valence-electron chi connectivity index (χ1n) is 7.66. The van der Waals surface area contributed by atoms with E-state index in [4.69, 9.17) is 5.26 Å². The van der Waals surface area contributed by atoms with E-state index >= 15 is 0 Å². The zero-order valence-electron chi connectivity index (χ0n) is 13.3. The molecule has 0 saturated carbocycles. The Labute approximate surface area is 136 Å². The summed E-state index contributed by atoms with van der Waals surface area (Å²) < 4.78 is 13.1. The third-order valence-corrected chi connectivity index (χ3v) is 3.83. The van der Waals surface area contributed by atoms with Crippen molar-refractivity contribution in [3.05, 3.63) is 47.4 Å². The Hall–Kier alpha value is -2.39. The van der Waals surface area contributed by atoms with Crippen molar-refractivity contribution in [3.8, 4) is 6.07 Å². The van der Waals surface area contributed by atoms with Gasteiger partial charge in [0.2, 0.25) is 0 Å². The van der Waals surface area contributed by atoms with Gasteiger partial charge in [-0.3, -0.25) is 4.79 Å². The molecule has 1 fully saturated rings. The van der Waals surface area contributed by atoms with Crippen molar-refractivity contribution < 1.29 is 9.18 Å². The van der Waals surface area contributed by atoms with Crippen LogP contribution in [0.25, 0.3) is 0 Å². The van der Waals surface area contributed by atoms with Crippen LogP contribution in [0.3, 0.4) is 0 Å². The minimum atomic E-state index is -0.263. The summed E-state index contributed by atoms with van der Waals surface area (Å²) in [5.74, 6) is -0.500. The SMILES string of the molecule is CN1CCN(C(=O)/C(C#N)=C\NCCc2cccc(F)c2)CC1. The molecule has 1 aromatic carbocycles. The lowest BCUT2D eigenvalue weighted by atomic mass is 10.1. The molecule has 1 saturated heterocycles. The summed E-state index contributed by atoms with van der Waals surface area (Å²) in [5.41, 5.74) is 0.976. The standard InChI is InChI=1S/C17H21FN4O/c1-21-7-9-22(10-8-21)17(23)15(12-19)13-20-6-5-14-3-2-4-16(18)11-14/h2-4,11,13,20H,5-10H2,1H3/b15-13-. The Kier molecular flexibility index (Phi) is 6.12. The van der Waals surface area contributed by atoms with Crippen molar-refractivity contribution in [1.29, 1.82) is 5.26 Å². The maximum absolute atomic E-state index is 13.1. The lowest BCUT2D eigenvalue weighted by Gasteiger charge is -2.32. The zero-order chi connectivity index (χ0) is 16.7. The highest BCUT2D eigenvalue weighted by Gasteiger charge is 2.21. The van der Waals surface area contributed by atoms with Gasteiger partial charge in [0.15, 0.2) is 0 Å². The highest BCUT2D eigenvalue weighted by molar-refractivity contribution is 5.97. The molecule has 23 heavy (non-hydrogen) atoms. The molecular formula is C17H21FN4O. The number of piperazine rings is 1. The molecule has 1 aliphatic heterocycles. The number of hydrogen-bond donors (Lipinski definition) is 1. The molecule has 0 unspecified atom stereocenters. The van der Waals surface area contributed by atoms with Gasteiger partial charge in [0, 0.05) is 38.9 Å². The van der Waals surface area contributed by atoms with Crippen LogP contribution in [-0.4, -0.2) is 55.5 Å². The van der Waals surface area contributed by atoms with Crippen molar-refractivity contribution in [2.24, 2.45) is 0 Å². The molecule has 0 bridgehead atoms. The molecule has 6 heteroatoms. The first-order chi connectivity index (χ1) is 11.1. The lowest BCUT2D eigenvalue weighted by Crippen LogP contribution is -2.47. The van der Waals surface area contributed by atoms with Gasteiger partial charge in [0.25, 0.3) is 5.91 Å². The molecular weight excluding hydrogens is 295 g/mol. The minimum absolute atomic E-state index is 0.105. The predicted octanol–water partition coefficient (Wildman–Crippen LogP) is 1.14. The largest absolute Gasteiger partial charge is 0.389 e. The predicted molar refractivity (Wildman–Crippen MR) is 85.9 cm³/mol. The van der Waals surface area contributed by atoms with E-state index in [-0.39, 0.29) is 17.3 Å². The van der Waals surface area contributed by atoms with Gasteiger partial charge in [-0.05, 0) is 31.2 Å². The maximum atomic E-state index is 13.1. The van der Waals surface area contributed by atoms with Gasteiger partial charge in [0.05, 0.1) is 0 Å². The van der Waals surface area contributed by atoms with Crippen molar-refractivity contribution in [2.45, 2.75) is 6.42 Å². The molecule has 0 atom stereocenters.